The average molecular weight is 317 g/mol. The largest absolute Gasteiger partial charge is 0.328 e. The number of fused-ring (bicyclic) bond motifs is 1. The van der Waals surface area contributed by atoms with E-state index in [1.807, 2.05) is 12.2 Å². The van der Waals surface area contributed by atoms with Crippen molar-refractivity contribution in [2.24, 2.45) is 5.73 Å². The van der Waals surface area contributed by atoms with Gasteiger partial charge in [0.15, 0.2) is 0 Å². The molecule has 1 saturated heterocycles. The number of nitrogens with two attached hydrogens (primary N) is 1. The Morgan fingerprint density at radius 2 is 2.20 bits per heavy atom. The first-order valence-corrected chi connectivity index (χ1v) is 7.75. The van der Waals surface area contributed by atoms with Gasteiger partial charge in [0.05, 0.1) is 27.7 Å². The third kappa shape index (κ3) is 2.93. The van der Waals surface area contributed by atoms with Crippen LogP contribution in [0.3, 0.4) is 0 Å². The lowest BCUT2D eigenvalue weighted by Gasteiger charge is -2.48. The Morgan fingerprint density at radius 3 is 2.75 bits per heavy atom. The molecule has 0 aliphatic carbocycles. The first kappa shape index (κ1) is 15.6. The molecule has 110 valence electrons. The summed E-state index contributed by atoms with van der Waals surface area (Å²) in [6, 6.07) is -0.525. The lowest BCUT2D eigenvalue weighted by Crippen LogP contribution is -2.68. The van der Waals surface area contributed by atoms with Crippen molar-refractivity contribution in [2.75, 3.05) is 33.4 Å². The van der Waals surface area contributed by atoms with Crippen LogP contribution in [0.5, 0.6) is 0 Å². The Labute approximate surface area is 128 Å². The van der Waals surface area contributed by atoms with E-state index >= 15 is 0 Å². The van der Waals surface area contributed by atoms with E-state index in [4.69, 9.17) is 17.3 Å². The highest BCUT2D eigenvalue weighted by molar-refractivity contribution is 8.00. The smallest absolute Gasteiger partial charge is 0.269 e. The maximum absolute atomic E-state index is 11.8. The number of quaternary nitrogens is 1. The molecule has 2 N–H and O–H groups in total. The molecule has 0 aromatic carbocycles. The molecule has 2 rings (SSSR count). The fraction of sp³-hybridized carbons (Fsp3) is 0.538. The Kier molecular flexibility index (Phi) is 4.30. The van der Waals surface area contributed by atoms with Gasteiger partial charge in [0.2, 0.25) is 5.91 Å². The van der Waals surface area contributed by atoms with E-state index in [0.717, 1.165) is 16.6 Å². The molecular weight excluding hydrogens is 298 g/mol. The number of hydrogen-bond acceptors (Lipinski definition) is 4. The van der Waals surface area contributed by atoms with Crippen LogP contribution in [-0.4, -0.2) is 65.4 Å². The zero-order valence-corrected chi connectivity index (χ0v) is 13.4. The van der Waals surface area contributed by atoms with E-state index in [1.165, 1.54) is 4.90 Å². The summed E-state index contributed by atoms with van der Waals surface area (Å²) in [5.74, 6) is 0.410. The van der Waals surface area contributed by atoms with Crippen LogP contribution in [-0.2, 0) is 9.59 Å². The SMILES string of the molecule is C[N+](C)(C)C/C=C/C1=C(C(=O)Cl)N2C(=O)[C@@H](N)[C@H]2SC1. The third-order valence-electron chi connectivity index (χ3n) is 3.20. The predicted octanol–water partition coefficient (Wildman–Crippen LogP) is 0.511. The van der Waals surface area contributed by atoms with Crippen molar-refractivity contribution in [2.45, 2.75) is 11.4 Å². The monoisotopic (exact) mass is 316 g/mol. The molecule has 0 radical (unpaired) electrons. The zero-order chi connectivity index (χ0) is 15.1. The topological polar surface area (TPSA) is 63.4 Å². The molecular formula is C13H19ClN3O2S+. The van der Waals surface area contributed by atoms with E-state index in [9.17, 15) is 9.59 Å². The van der Waals surface area contributed by atoms with Gasteiger partial charge in [-0.1, -0.05) is 6.08 Å². The lowest BCUT2D eigenvalue weighted by molar-refractivity contribution is -0.864. The molecule has 7 heteroatoms. The summed E-state index contributed by atoms with van der Waals surface area (Å²) in [6.07, 6.45) is 3.89. The average Bonchev–Trinajstić information content (AvgIpc) is 2.35. The standard InChI is InChI=1S/C13H19ClN3O2S/c1-17(2,3)6-4-5-8-7-20-13-9(15)12(19)16(13)10(8)11(14)18/h4-5,9,13H,6-7,15H2,1-3H3/q+1/b5-4+/t9-,13-/m1/s1. The van der Waals surface area contributed by atoms with Crippen molar-refractivity contribution >= 4 is 34.5 Å². The van der Waals surface area contributed by atoms with Gasteiger partial charge in [-0.3, -0.25) is 14.5 Å². The summed E-state index contributed by atoms with van der Waals surface area (Å²) >= 11 is 7.22. The molecule has 2 aliphatic rings. The minimum atomic E-state index is -0.597. The molecule has 0 aromatic rings. The number of carbonyl (C=O) groups is 2. The van der Waals surface area contributed by atoms with Crippen LogP contribution >= 0.6 is 23.4 Å². The van der Waals surface area contributed by atoms with E-state index in [0.29, 0.717) is 11.4 Å². The van der Waals surface area contributed by atoms with Crippen molar-refractivity contribution in [3.05, 3.63) is 23.4 Å². The Balaban J connectivity index is 2.25. The molecule has 0 saturated carbocycles. The van der Waals surface area contributed by atoms with Gasteiger partial charge in [-0.15, -0.1) is 11.8 Å². The van der Waals surface area contributed by atoms with Crippen LogP contribution in [0.4, 0.5) is 0 Å². The molecule has 0 unspecified atom stereocenters. The Hall–Kier alpha value is -0.820. The van der Waals surface area contributed by atoms with Crippen molar-refractivity contribution < 1.29 is 14.1 Å². The molecule has 0 spiro atoms. The number of nitrogens with zero attached hydrogens (tertiary/aromatic N) is 2. The van der Waals surface area contributed by atoms with Crippen LogP contribution in [0.2, 0.25) is 0 Å². The summed E-state index contributed by atoms with van der Waals surface area (Å²) in [7, 11) is 6.24. The molecule has 0 bridgehead atoms. The number of allylic oxidation sites excluding steroid dienone is 2. The minimum absolute atomic E-state index is 0.157. The number of rotatable bonds is 4. The first-order chi connectivity index (χ1) is 9.22. The summed E-state index contributed by atoms with van der Waals surface area (Å²) in [4.78, 5) is 24.9. The molecule has 2 heterocycles. The third-order valence-corrected chi connectivity index (χ3v) is 4.70. The van der Waals surface area contributed by atoms with Gasteiger partial charge in [-0.25, -0.2) is 0 Å². The molecule has 1 amide bonds. The molecule has 1 fully saturated rings. The number of amides is 1. The summed E-state index contributed by atoms with van der Waals surface area (Å²) in [5, 5.41) is -0.754. The Morgan fingerprint density at radius 1 is 1.55 bits per heavy atom. The van der Waals surface area contributed by atoms with Crippen LogP contribution < -0.4 is 5.73 Å². The second-order valence-electron chi connectivity index (χ2n) is 5.96. The summed E-state index contributed by atoms with van der Waals surface area (Å²) < 4.78 is 0.789. The highest BCUT2D eigenvalue weighted by Crippen LogP contribution is 2.40. The van der Waals surface area contributed by atoms with Crippen LogP contribution in [0.25, 0.3) is 0 Å². The van der Waals surface area contributed by atoms with E-state index in [1.54, 1.807) is 11.8 Å². The van der Waals surface area contributed by atoms with Gasteiger partial charge >= 0.3 is 0 Å². The van der Waals surface area contributed by atoms with Gasteiger partial charge < -0.3 is 10.2 Å². The van der Waals surface area contributed by atoms with E-state index < -0.39 is 11.3 Å². The quantitative estimate of drug-likeness (QED) is 0.466. The number of β-lactam (4-membered cyclic amide) rings is 1. The summed E-state index contributed by atoms with van der Waals surface area (Å²) in [6.45, 7) is 0.828. The molecule has 5 nitrogen and oxygen atoms in total. The fourth-order valence-corrected chi connectivity index (χ4v) is 3.64. The number of carbonyl (C=O) groups excluding carboxylic acids is 2. The second-order valence-corrected chi connectivity index (χ2v) is 7.41. The summed E-state index contributed by atoms with van der Waals surface area (Å²) in [5.41, 5.74) is 6.82. The lowest BCUT2D eigenvalue weighted by atomic mass is 10.0. The first-order valence-electron chi connectivity index (χ1n) is 6.32. The normalized spacial score (nSPS) is 26.9. The van der Waals surface area contributed by atoms with Gasteiger partial charge in [-0.05, 0) is 23.3 Å². The molecule has 2 aliphatic heterocycles. The highest BCUT2D eigenvalue weighted by atomic mass is 35.5. The second kappa shape index (κ2) is 5.52. The van der Waals surface area contributed by atoms with Gasteiger partial charge in [0.25, 0.3) is 5.24 Å². The zero-order valence-electron chi connectivity index (χ0n) is 11.8. The van der Waals surface area contributed by atoms with Crippen LogP contribution in [0.15, 0.2) is 23.4 Å². The van der Waals surface area contributed by atoms with Gasteiger partial charge in [-0.2, -0.15) is 0 Å². The van der Waals surface area contributed by atoms with Crippen molar-refractivity contribution in [3.8, 4) is 0 Å². The Bertz CT molecular complexity index is 510. The van der Waals surface area contributed by atoms with Crippen molar-refractivity contribution in [1.82, 2.24) is 4.90 Å². The molecule has 2 atom stereocenters. The fourth-order valence-electron chi connectivity index (χ4n) is 2.16. The van der Waals surface area contributed by atoms with Gasteiger partial charge in [0, 0.05) is 5.75 Å². The maximum atomic E-state index is 11.8. The van der Waals surface area contributed by atoms with Crippen LogP contribution in [0, 0.1) is 0 Å². The van der Waals surface area contributed by atoms with Crippen LogP contribution in [0.1, 0.15) is 0 Å². The van der Waals surface area contributed by atoms with Crippen molar-refractivity contribution in [3.63, 3.8) is 0 Å². The number of thioether (sulfide) groups is 1. The predicted molar refractivity (Wildman–Crippen MR) is 81.0 cm³/mol. The van der Waals surface area contributed by atoms with E-state index in [2.05, 4.69) is 21.1 Å². The number of hydrogen-bond donors (Lipinski definition) is 1. The molecule has 20 heavy (non-hydrogen) atoms. The number of likely N-dealkylation sites (N-methyl/N-ethyl adjacent to an activating group) is 1. The maximum Gasteiger partial charge on any atom is 0.269 e. The molecule has 0 aromatic heterocycles. The van der Waals surface area contributed by atoms with Crippen molar-refractivity contribution in [1.29, 1.82) is 0 Å². The number of halogens is 1. The van der Waals surface area contributed by atoms with E-state index in [-0.39, 0.29) is 11.3 Å². The highest BCUT2D eigenvalue weighted by Gasteiger charge is 2.51. The minimum Gasteiger partial charge on any atom is -0.328 e. The van der Waals surface area contributed by atoms with Gasteiger partial charge in [0.1, 0.15) is 17.1 Å².